The molecular formula is C14H16N2O2. The monoisotopic (exact) mass is 244 g/mol. The van der Waals surface area contributed by atoms with Crippen LogP contribution < -0.4 is 5.32 Å². The van der Waals surface area contributed by atoms with Crippen LogP contribution in [0.4, 0.5) is 0 Å². The first kappa shape index (κ1) is 11.3. The molecule has 4 nitrogen and oxygen atoms in total. The maximum atomic E-state index is 11.1. The molecule has 0 saturated heterocycles. The third-order valence-electron chi connectivity index (χ3n) is 3.64. The first-order valence-electron chi connectivity index (χ1n) is 6.20. The first-order chi connectivity index (χ1) is 8.68. The molecule has 2 N–H and O–H groups in total. The number of carboxylic acids is 1. The lowest BCUT2D eigenvalue weighted by Crippen LogP contribution is -2.25. The molecule has 0 amide bonds. The van der Waals surface area contributed by atoms with E-state index in [0.717, 1.165) is 30.6 Å². The lowest BCUT2D eigenvalue weighted by atomic mass is 10.0. The van der Waals surface area contributed by atoms with Gasteiger partial charge in [-0.2, -0.15) is 0 Å². The van der Waals surface area contributed by atoms with Gasteiger partial charge >= 0.3 is 5.97 Å². The number of carboxylic acid groups (broad SMARTS) is 1. The van der Waals surface area contributed by atoms with Gasteiger partial charge in [0, 0.05) is 30.6 Å². The lowest BCUT2D eigenvalue weighted by Gasteiger charge is -2.16. The molecule has 0 radical (unpaired) electrons. The normalized spacial score (nSPS) is 14.7. The molecule has 0 bridgehead atoms. The summed E-state index contributed by atoms with van der Waals surface area (Å²) in [7, 11) is 0. The van der Waals surface area contributed by atoms with E-state index in [-0.39, 0.29) is 6.54 Å². The number of nitrogens with zero attached hydrogens (tertiary/aromatic N) is 1. The molecule has 18 heavy (non-hydrogen) atoms. The van der Waals surface area contributed by atoms with Gasteiger partial charge in [-0.3, -0.25) is 4.79 Å². The van der Waals surface area contributed by atoms with E-state index in [4.69, 9.17) is 5.11 Å². The molecular weight excluding hydrogens is 228 g/mol. The van der Waals surface area contributed by atoms with E-state index < -0.39 is 5.97 Å². The van der Waals surface area contributed by atoms with Crippen LogP contribution in [0.5, 0.6) is 0 Å². The molecule has 0 aliphatic carbocycles. The summed E-state index contributed by atoms with van der Waals surface area (Å²) < 4.78 is 1.98. The Morgan fingerprint density at radius 1 is 1.50 bits per heavy atom. The third kappa shape index (κ3) is 1.61. The summed E-state index contributed by atoms with van der Waals surface area (Å²) in [6, 6.07) is 6.17. The lowest BCUT2D eigenvalue weighted by molar-refractivity contribution is -0.137. The Kier molecular flexibility index (Phi) is 2.59. The smallest absolute Gasteiger partial charge is 0.323 e. The van der Waals surface area contributed by atoms with Crippen molar-refractivity contribution >= 4 is 16.9 Å². The van der Waals surface area contributed by atoms with Gasteiger partial charge in [-0.15, -0.1) is 0 Å². The van der Waals surface area contributed by atoms with Crippen molar-refractivity contribution in [1.82, 2.24) is 9.88 Å². The SMILES string of the molecule is Cc1cccc2c3c(n(CC(=O)O)c12)CCNC3. The van der Waals surface area contributed by atoms with E-state index in [0.29, 0.717) is 0 Å². The highest BCUT2D eigenvalue weighted by Gasteiger charge is 2.21. The molecule has 1 aliphatic heterocycles. The fourth-order valence-corrected chi connectivity index (χ4v) is 2.93. The van der Waals surface area contributed by atoms with Gasteiger partial charge in [-0.1, -0.05) is 18.2 Å². The van der Waals surface area contributed by atoms with Crippen molar-refractivity contribution in [2.24, 2.45) is 0 Å². The van der Waals surface area contributed by atoms with Gasteiger partial charge in [0.1, 0.15) is 6.54 Å². The van der Waals surface area contributed by atoms with Crippen LogP contribution in [0.15, 0.2) is 18.2 Å². The number of aryl methyl sites for hydroxylation is 1. The second-order valence-corrected chi connectivity index (χ2v) is 4.80. The number of aromatic nitrogens is 1. The topological polar surface area (TPSA) is 54.3 Å². The molecule has 1 aliphatic rings. The number of benzene rings is 1. The van der Waals surface area contributed by atoms with Crippen LogP contribution in [0.3, 0.4) is 0 Å². The van der Waals surface area contributed by atoms with Gasteiger partial charge in [-0.05, 0) is 18.1 Å². The number of carbonyl (C=O) groups is 1. The Morgan fingerprint density at radius 2 is 2.33 bits per heavy atom. The zero-order valence-electron chi connectivity index (χ0n) is 10.4. The highest BCUT2D eigenvalue weighted by molar-refractivity contribution is 5.89. The van der Waals surface area contributed by atoms with Crippen molar-refractivity contribution in [3.8, 4) is 0 Å². The summed E-state index contributed by atoms with van der Waals surface area (Å²) in [5.41, 5.74) is 4.67. The molecule has 94 valence electrons. The van der Waals surface area contributed by atoms with Gasteiger partial charge in [0.2, 0.25) is 0 Å². The number of hydrogen-bond donors (Lipinski definition) is 2. The Labute approximate surface area is 105 Å². The van der Waals surface area contributed by atoms with Crippen LogP contribution in [0.2, 0.25) is 0 Å². The number of aliphatic carboxylic acids is 1. The second-order valence-electron chi connectivity index (χ2n) is 4.80. The summed E-state index contributed by atoms with van der Waals surface area (Å²) >= 11 is 0. The molecule has 0 saturated carbocycles. The highest BCUT2D eigenvalue weighted by Crippen LogP contribution is 2.30. The van der Waals surface area contributed by atoms with E-state index >= 15 is 0 Å². The van der Waals surface area contributed by atoms with E-state index in [1.165, 1.54) is 16.6 Å². The molecule has 1 aromatic carbocycles. The van der Waals surface area contributed by atoms with Crippen LogP contribution in [-0.2, 0) is 24.3 Å². The molecule has 0 atom stereocenters. The number of fused-ring (bicyclic) bond motifs is 3. The van der Waals surface area contributed by atoms with Crippen LogP contribution in [-0.4, -0.2) is 22.2 Å². The Bertz CT molecular complexity index is 628. The van der Waals surface area contributed by atoms with Crippen molar-refractivity contribution in [2.75, 3.05) is 6.54 Å². The van der Waals surface area contributed by atoms with Crippen LogP contribution in [0.1, 0.15) is 16.8 Å². The first-order valence-corrected chi connectivity index (χ1v) is 6.20. The van der Waals surface area contributed by atoms with Crippen LogP contribution in [0.25, 0.3) is 10.9 Å². The highest BCUT2D eigenvalue weighted by atomic mass is 16.4. The van der Waals surface area contributed by atoms with E-state index in [2.05, 4.69) is 11.4 Å². The maximum absolute atomic E-state index is 11.1. The Balaban J connectivity index is 2.33. The van der Waals surface area contributed by atoms with E-state index in [1.54, 1.807) is 0 Å². The minimum absolute atomic E-state index is 0.0523. The summed E-state index contributed by atoms with van der Waals surface area (Å²) in [5.74, 6) is -0.781. The number of hydrogen-bond acceptors (Lipinski definition) is 2. The minimum atomic E-state index is -0.781. The summed E-state index contributed by atoms with van der Waals surface area (Å²) in [4.78, 5) is 11.1. The molecule has 4 heteroatoms. The molecule has 0 unspecified atom stereocenters. The third-order valence-corrected chi connectivity index (χ3v) is 3.64. The zero-order valence-corrected chi connectivity index (χ0v) is 10.4. The predicted molar refractivity (Wildman–Crippen MR) is 69.7 cm³/mol. The average Bonchev–Trinajstić information content (AvgIpc) is 2.66. The molecule has 3 rings (SSSR count). The molecule has 0 spiro atoms. The standard InChI is InChI=1S/C14H16N2O2/c1-9-3-2-4-10-11-7-15-6-5-12(11)16(14(9)10)8-13(17)18/h2-4,15H,5-8H2,1H3,(H,17,18). The molecule has 2 heterocycles. The van der Waals surface area contributed by atoms with Crippen molar-refractivity contribution in [1.29, 1.82) is 0 Å². The van der Waals surface area contributed by atoms with Crippen LogP contribution >= 0.6 is 0 Å². The zero-order chi connectivity index (χ0) is 12.7. The summed E-state index contributed by atoms with van der Waals surface area (Å²) in [5, 5.41) is 13.7. The van der Waals surface area contributed by atoms with Gasteiger partial charge in [0.25, 0.3) is 0 Å². The van der Waals surface area contributed by atoms with Gasteiger partial charge in [0.15, 0.2) is 0 Å². The molecule has 2 aromatic rings. The average molecular weight is 244 g/mol. The van der Waals surface area contributed by atoms with E-state index in [9.17, 15) is 4.79 Å². The van der Waals surface area contributed by atoms with Gasteiger partial charge in [-0.25, -0.2) is 0 Å². The number of para-hydroxylation sites is 1. The maximum Gasteiger partial charge on any atom is 0.323 e. The Hall–Kier alpha value is -1.81. The molecule has 0 fully saturated rings. The Morgan fingerprint density at radius 3 is 3.11 bits per heavy atom. The second kappa shape index (κ2) is 4.14. The van der Waals surface area contributed by atoms with Crippen molar-refractivity contribution in [2.45, 2.75) is 26.4 Å². The van der Waals surface area contributed by atoms with Crippen molar-refractivity contribution < 1.29 is 9.90 Å². The van der Waals surface area contributed by atoms with Gasteiger partial charge < -0.3 is 15.0 Å². The quantitative estimate of drug-likeness (QED) is 0.845. The fraction of sp³-hybridized carbons (Fsp3) is 0.357. The van der Waals surface area contributed by atoms with Crippen molar-refractivity contribution in [3.63, 3.8) is 0 Å². The van der Waals surface area contributed by atoms with E-state index in [1.807, 2.05) is 23.6 Å². The number of rotatable bonds is 2. The number of nitrogens with one attached hydrogen (secondary N) is 1. The summed E-state index contributed by atoms with van der Waals surface area (Å²) in [6.07, 6.45) is 0.900. The van der Waals surface area contributed by atoms with Crippen molar-refractivity contribution in [3.05, 3.63) is 35.0 Å². The predicted octanol–water partition coefficient (Wildman–Crippen LogP) is 1.68. The largest absolute Gasteiger partial charge is 0.480 e. The minimum Gasteiger partial charge on any atom is -0.480 e. The molecule has 1 aromatic heterocycles. The summed E-state index contributed by atoms with van der Waals surface area (Å²) in [6.45, 7) is 3.85. The van der Waals surface area contributed by atoms with Gasteiger partial charge in [0.05, 0.1) is 5.52 Å². The van der Waals surface area contributed by atoms with Crippen LogP contribution in [0, 0.1) is 6.92 Å². The fourth-order valence-electron chi connectivity index (χ4n) is 2.93.